The molecule has 8 heteroatoms. The summed E-state index contributed by atoms with van der Waals surface area (Å²) in [4.78, 5) is 19.0. The van der Waals surface area contributed by atoms with Crippen LogP contribution in [0.15, 0.2) is 48.7 Å². The summed E-state index contributed by atoms with van der Waals surface area (Å²) in [6.07, 6.45) is 3.75. The molecular formula is C27H26F2N4OS. The zero-order valence-corrected chi connectivity index (χ0v) is 20.6. The molecule has 1 N–H and O–H groups in total. The van der Waals surface area contributed by atoms with Gasteiger partial charge in [-0.1, -0.05) is 26.1 Å². The molecule has 0 aliphatic carbocycles. The molecule has 35 heavy (non-hydrogen) atoms. The number of carbonyl (C=O) groups excluding carboxylic acids is 1. The third-order valence-corrected chi connectivity index (χ3v) is 7.25. The van der Waals surface area contributed by atoms with Crippen LogP contribution in [0.1, 0.15) is 54.3 Å². The number of hydrogen-bond donors (Lipinski definition) is 1. The standard InChI is InChI=1S/C27H26F2N4OS/c1-4-19-14-21-25(31-32(3)26(21)16-10-17(28)13-18(29)11-16)23(5-2)33(19)27(34)15-6-7-22-20(12-15)24(35)8-9-30-22/h6-13,19,23H,4-5,14H2,1-3H3,(H,30,35). The minimum absolute atomic E-state index is 0.0708. The number of pyridine rings is 1. The van der Waals surface area contributed by atoms with Gasteiger partial charge in [0.1, 0.15) is 11.6 Å². The SMILES string of the molecule is CCC1Cc2c(nn(C)c2-c2cc(F)cc(F)c2)C(CC)N1C(=O)c1ccc2[nH]ccc(=S)c2c1. The van der Waals surface area contributed by atoms with Gasteiger partial charge in [-0.05, 0) is 55.7 Å². The zero-order valence-electron chi connectivity index (χ0n) is 19.8. The molecule has 1 aliphatic rings. The Morgan fingerprint density at radius 2 is 1.86 bits per heavy atom. The van der Waals surface area contributed by atoms with Gasteiger partial charge in [0.15, 0.2) is 0 Å². The van der Waals surface area contributed by atoms with Gasteiger partial charge in [-0.2, -0.15) is 5.10 Å². The Kier molecular flexibility index (Phi) is 6.01. The highest BCUT2D eigenvalue weighted by atomic mass is 32.1. The fourth-order valence-electron chi connectivity index (χ4n) is 5.32. The number of aromatic amines is 1. The van der Waals surface area contributed by atoms with Crippen molar-refractivity contribution in [3.05, 3.63) is 81.6 Å². The van der Waals surface area contributed by atoms with Gasteiger partial charge in [0.2, 0.25) is 0 Å². The van der Waals surface area contributed by atoms with E-state index in [-0.39, 0.29) is 18.0 Å². The average molecular weight is 493 g/mol. The lowest BCUT2D eigenvalue weighted by atomic mass is 9.87. The Balaban J connectivity index is 1.61. The number of amides is 1. The smallest absolute Gasteiger partial charge is 0.254 e. The van der Waals surface area contributed by atoms with Crippen LogP contribution in [-0.4, -0.2) is 31.6 Å². The van der Waals surface area contributed by atoms with Crippen LogP contribution in [0.2, 0.25) is 0 Å². The normalized spacial score (nSPS) is 17.6. The molecule has 0 saturated heterocycles. The van der Waals surface area contributed by atoms with Crippen molar-refractivity contribution in [1.82, 2.24) is 19.7 Å². The molecule has 1 amide bonds. The summed E-state index contributed by atoms with van der Waals surface area (Å²) in [6, 6.07) is 10.6. The second-order valence-corrected chi connectivity index (χ2v) is 9.44. The molecule has 4 aromatic rings. The van der Waals surface area contributed by atoms with Crippen LogP contribution in [0.25, 0.3) is 22.2 Å². The van der Waals surface area contributed by atoms with Crippen LogP contribution in [-0.2, 0) is 13.5 Å². The minimum atomic E-state index is -0.628. The lowest BCUT2D eigenvalue weighted by Gasteiger charge is -2.41. The van der Waals surface area contributed by atoms with Crippen molar-refractivity contribution in [2.24, 2.45) is 7.05 Å². The van der Waals surface area contributed by atoms with Gasteiger partial charge in [0.05, 0.1) is 17.4 Å². The number of aryl methyl sites for hydroxylation is 1. The Morgan fingerprint density at radius 1 is 1.11 bits per heavy atom. The largest absolute Gasteiger partial charge is 0.361 e. The van der Waals surface area contributed by atoms with Gasteiger partial charge in [0, 0.05) is 57.5 Å². The predicted molar refractivity (Wildman–Crippen MR) is 135 cm³/mol. The molecule has 2 atom stereocenters. The Hall–Kier alpha value is -3.39. The fraction of sp³-hybridized carbons (Fsp3) is 0.296. The molecular weight excluding hydrogens is 466 g/mol. The third kappa shape index (κ3) is 3.95. The van der Waals surface area contributed by atoms with Crippen LogP contribution in [0.4, 0.5) is 8.78 Å². The summed E-state index contributed by atoms with van der Waals surface area (Å²) >= 11 is 5.47. The first-order valence-electron chi connectivity index (χ1n) is 11.8. The predicted octanol–water partition coefficient (Wildman–Crippen LogP) is 6.50. The van der Waals surface area contributed by atoms with Crippen molar-refractivity contribution in [2.75, 3.05) is 0 Å². The summed E-state index contributed by atoms with van der Waals surface area (Å²) in [5.74, 6) is -1.33. The number of fused-ring (bicyclic) bond motifs is 2. The van der Waals surface area contributed by atoms with Crippen LogP contribution in [0.3, 0.4) is 0 Å². The highest BCUT2D eigenvalue weighted by Crippen LogP contribution is 2.41. The quantitative estimate of drug-likeness (QED) is 0.331. The van der Waals surface area contributed by atoms with Crippen LogP contribution in [0.5, 0.6) is 0 Å². The number of hydrogen-bond acceptors (Lipinski definition) is 3. The summed E-state index contributed by atoms with van der Waals surface area (Å²) < 4.78 is 30.4. The van der Waals surface area contributed by atoms with Crippen molar-refractivity contribution < 1.29 is 13.6 Å². The van der Waals surface area contributed by atoms with E-state index in [1.165, 1.54) is 12.1 Å². The monoisotopic (exact) mass is 492 g/mol. The zero-order chi connectivity index (χ0) is 24.9. The Bertz CT molecular complexity index is 1490. The topological polar surface area (TPSA) is 53.9 Å². The second kappa shape index (κ2) is 9.00. The van der Waals surface area contributed by atoms with Gasteiger partial charge >= 0.3 is 0 Å². The number of halogens is 2. The summed E-state index contributed by atoms with van der Waals surface area (Å²) in [7, 11) is 1.78. The molecule has 0 saturated carbocycles. The molecule has 2 unspecified atom stereocenters. The summed E-state index contributed by atoms with van der Waals surface area (Å²) in [5.41, 5.74) is 4.33. The lowest BCUT2D eigenvalue weighted by molar-refractivity contribution is 0.0513. The van der Waals surface area contributed by atoms with Gasteiger partial charge in [-0.15, -0.1) is 0 Å². The van der Waals surface area contributed by atoms with E-state index >= 15 is 0 Å². The minimum Gasteiger partial charge on any atom is -0.361 e. The van der Waals surface area contributed by atoms with Crippen molar-refractivity contribution in [1.29, 1.82) is 0 Å². The first-order chi connectivity index (χ1) is 16.8. The molecule has 5 rings (SSSR count). The maximum absolute atomic E-state index is 14.0. The van der Waals surface area contributed by atoms with Crippen molar-refractivity contribution >= 4 is 29.0 Å². The molecule has 2 aromatic carbocycles. The molecule has 5 nitrogen and oxygen atoms in total. The van der Waals surface area contributed by atoms with Gasteiger partial charge in [-0.3, -0.25) is 9.48 Å². The summed E-state index contributed by atoms with van der Waals surface area (Å²) in [5, 5.41) is 5.59. The molecule has 0 fully saturated rings. The Labute approximate surface area is 207 Å². The van der Waals surface area contributed by atoms with E-state index in [0.29, 0.717) is 34.2 Å². The van der Waals surface area contributed by atoms with E-state index in [0.717, 1.165) is 34.6 Å². The van der Waals surface area contributed by atoms with Crippen LogP contribution in [0, 0.1) is 16.1 Å². The molecule has 1 aliphatic heterocycles. The van der Waals surface area contributed by atoms with Crippen molar-refractivity contribution in [3.63, 3.8) is 0 Å². The molecule has 2 aromatic heterocycles. The highest BCUT2D eigenvalue weighted by Gasteiger charge is 2.40. The van der Waals surface area contributed by atoms with E-state index in [2.05, 4.69) is 11.9 Å². The van der Waals surface area contributed by atoms with E-state index in [4.69, 9.17) is 17.3 Å². The van der Waals surface area contributed by atoms with Crippen LogP contribution >= 0.6 is 12.2 Å². The number of benzene rings is 2. The number of carbonyl (C=O) groups is 1. The first kappa shape index (κ1) is 23.4. The maximum Gasteiger partial charge on any atom is 0.254 e. The maximum atomic E-state index is 14.0. The number of nitrogens with one attached hydrogen (secondary N) is 1. The molecule has 0 bridgehead atoms. The fourth-order valence-corrected chi connectivity index (χ4v) is 5.56. The second-order valence-electron chi connectivity index (χ2n) is 9.00. The van der Waals surface area contributed by atoms with Gasteiger partial charge < -0.3 is 9.88 Å². The lowest BCUT2D eigenvalue weighted by Crippen LogP contribution is -2.47. The van der Waals surface area contributed by atoms with E-state index in [9.17, 15) is 13.6 Å². The molecule has 0 radical (unpaired) electrons. The van der Waals surface area contributed by atoms with Crippen LogP contribution < -0.4 is 0 Å². The average Bonchev–Trinajstić information content (AvgIpc) is 3.17. The molecule has 180 valence electrons. The molecule has 0 spiro atoms. The Morgan fingerprint density at radius 3 is 2.54 bits per heavy atom. The molecule has 3 heterocycles. The van der Waals surface area contributed by atoms with Gasteiger partial charge in [0.25, 0.3) is 5.91 Å². The first-order valence-corrected chi connectivity index (χ1v) is 12.2. The van der Waals surface area contributed by atoms with Crippen molar-refractivity contribution in [2.45, 2.75) is 45.2 Å². The number of rotatable bonds is 4. The van der Waals surface area contributed by atoms with E-state index in [1.807, 2.05) is 36.1 Å². The summed E-state index contributed by atoms with van der Waals surface area (Å²) in [6.45, 7) is 4.08. The third-order valence-electron chi connectivity index (χ3n) is 6.89. The van der Waals surface area contributed by atoms with E-state index in [1.54, 1.807) is 17.9 Å². The highest BCUT2D eigenvalue weighted by molar-refractivity contribution is 7.71. The number of H-pyrrole nitrogens is 1. The number of aromatic nitrogens is 3. The number of nitrogens with zero attached hydrogens (tertiary/aromatic N) is 3. The van der Waals surface area contributed by atoms with Gasteiger partial charge in [-0.25, -0.2) is 8.78 Å². The van der Waals surface area contributed by atoms with E-state index < -0.39 is 11.6 Å². The van der Waals surface area contributed by atoms with Crippen molar-refractivity contribution in [3.8, 4) is 11.3 Å².